The molecule has 1 aromatic rings. The Labute approximate surface area is 127 Å². The Kier molecular flexibility index (Phi) is 5.44. The lowest BCUT2D eigenvalue weighted by Crippen LogP contribution is -2.56. The van der Waals surface area contributed by atoms with E-state index in [9.17, 15) is 0 Å². The average Bonchev–Trinajstić information content (AvgIpc) is 2.46. The van der Waals surface area contributed by atoms with Crippen molar-refractivity contribution in [1.29, 1.82) is 0 Å². The number of hydrogen-bond donors (Lipinski definition) is 1. The lowest BCUT2D eigenvalue weighted by atomic mass is 9.86. The van der Waals surface area contributed by atoms with Crippen molar-refractivity contribution in [2.75, 3.05) is 32.8 Å². The topological polar surface area (TPSA) is 24.5 Å². The maximum absolute atomic E-state index is 6.42. The van der Waals surface area contributed by atoms with Crippen LogP contribution in [0.5, 0.6) is 0 Å². The summed E-state index contributed by atoms with van der Waals surface area (Å²) in [6.45, 7) is 11.2. The quantitative estimate of drug-likeness (QED) is 0.903. The van der Waals surface area contributed by atoms with Crippen LogP contribution in [0.3, 0.4) is 0 Å². The molecule has 3 nitrogen and oxygen atoms in total. The van der Waals surface area contributed by atoms with Crippen LogP contribution in [0, 0.1) is 0 Å². The van der Waals surface area contributed by atoms with Crippen molar-refractivity contribution in [3.8, 4) is 0 Å². The molecule has 0 aromatic heterocycles. The summed E-state index contributed by atoms with van der Waals surface area (Å²) in [6, 6.07) is 8.34. The largest absolute Gasteiger partial charge is 0.379 e. The van der Waals surface area contributed by atoms with Crippen LogP contribution in [0.1, 0.15) is 32.4 Å². The fourth-order valence-electron chi connectivity index (χ4n) is 2.98. The third kappa shape index (κ3) is 3.34. The number of hydrogen-bond acceptors (Lipinski definition) is 3. The van der Waals surface area contributed by atoms with Gasteiger partial charge >= 0.3 is 0 Å². The normalized spacial score (nSPS) is 19.0. The maximum atomic E-state index is 6.42. The second kappa shape index (κ2) is 6.90. The van der Waals surface area contributed by atoms with Crippen LogP contribution in [0.2, 0.25) is 5.02 Å². The van der Waals surface area contributed by atoms with Gasteiger partial charge in [0.15, 0.2) is 0 Å². The number of ether oxygens (including phenoxy) is 1. The van der Waals surface area contributed by atoms with E-state index in [2.05, 4.69) is 43.1 Å². The summed E-state index contributed by atoms with van der Waals surface area (Å²) in [6.07, 6.45) is 0. The standard InChI is InChI=1S/C16H25ClN2O/c1-4-18-15(13-7-5-6-8-14(13)17)16(2,3)19-9-11-20-12-10-19/h5-8,15,18H,4,9-12H2,1-3H3. The van der Waals surface area contributed by atoms with E-state index in [1.165, 1.54) is 5.56 Å². The lowest BCUT2D eigenvalue weighted by Gasteiger charge is -2.46. The van der Waals surface area contributed by atoms with Gasteiger partial charge in [-0.05, 0) is 32.0 Å². The molecule has 1 aliphatic heterocycles. The van der Waals surface area contributed by atoms with Gasteiger partial charge in [0.25, 0.3) is 0 Å². The fourth-order valence-corrected chi connectivity index (χ4v) is 3.22. The van der Waals surface area contributed by atoms with E-state index in [1.54, 1.807) is 0 Å². The molecule has 1 unspecified atom stereocenters. The number of halogens is 1. The van der Waals surface area contributed by atoms with Crippen LogP contribution < -0.4 is 5.32 Å². The molecular weight excluding hydrogens is 272 g/mol. The molecule has 1 aromatic carbocycles. The molecule has 0 amide bonds. The van der Waals surface area contributed by atoms with Crippen molar-refractivity contribution in [2.24, 2.45) is 0 Å². The van der Waals surface area contributed by atoms with Gasteiger partial charge in [-0.15, -0.1) is 0 Å². The van der Waals surface area contributed by atoms with E-state index in [1.807, 2.05) is 12.1 Å². The van der Waals surface area contributed by atoms with Crippen LogP contribution in [0.4, 0.5) is 0 Å². The Hall–Kier alpha value is -0.610. The first-order valence-electron chi connectivity index (χ1n) is 7.38. The molecule has 0 aliphatic carbocycles. The zero-order valence-corrected chi connectivity index (χ0v) is 13.4. The number of nitrogens with one attached hydrogen (secondary N) is 1. The third-order valence-electron chi connectivity index (χ3n) is 4.16. The highest BCUT2D eigenvalue weighted by atomic mass is 35.5. The molecule has 0 spiro atoms. The number of morpholine rings is 1. The number of nitrogens with zero attached hydrogens (tertiary/aromatic N) is 1. The first-order valence-corrected chi connectivity index (χ1v) is 7.75. The molecule has 112 valence electrons. The predicted molar refractivity (Wildman–Crippen MR) is 84.3 cm³/mol. The van der Waals surface area contributed by atoms with Crippen molar-refractivity contribution in [3.05, 3.63) is 34.9 Å². The minimum atomic E-state index is -0.00914. The van der Waals surface area contributed by atoms with E-state index >= 15 is 0 Å². The monoisotopic (exact) mass is 296 g/mol. The van der Waals surface area contributed by atoms with Crippen LogP contribution in [-0.2, 0) is 4.74 Å². The molecule has 1 saturated heterocycles. The Bertz CT molecular complexity index is 430. The summed E-state index contributed by atoms with van der Waals surface area (Å²) in [5.74, 6) is 0. The molecule has 1 aliphatic rings. The van der Waals surface area contributed by atoms with Crippen molar-refractivity contribution in [1.82, 2.24) is 10.2 Å². The molecule has 2 rings (SSSR count). The molecule has 1 N–H and O–H groups in total. The molecule has 1 atom stereocenters. The van der Waals surface area contributed by atoms with Gasteiger partial charge in [0.2, 0.25) is 0 Å². The van der Waals surface area contributed by atoms with Gasteiger partial charge in [-0.1, -0.05) is 36.7 Å². The molecule has 0 radical (unpaired) electrons. The predicted octanol–water partition coefficient (Wildman–Crippen LogP) is 3.10. The molecule has 1 fully saturated rings. The number of likely N-dealkylation sites (N-methyl/N-ethyl adjacent to an activating group) is 1. The summed E-state index contributed by atoms with van der Waals surface area (Å²) in [5, 5.41) is 4.44. The van der Waals surface area contributed by atoms with Crippen molar-refractivity contribution in [2.45, 2.75) is 32.4 Å². The van der Waals surface area contributed by atoms with Crippen molar-refractivity contribution in [3.63, 3.8) is 0 Å². The first kappa shape index (κ1) is 15.8. The van der Waals surface area contributed by atoms with Gasteiger partial charge in [0.1, 0.15) is 0 Å². The van der Waals surface area contributed by atoms with Gasteiger partial charge in [0, 0.05) is 23.7 Å². The van der Waals surface area contributed by atoms with E-state index in [-0.39, 0.29) is 11.6 Å². The second-order valence-corrected chi connectivity index (χ2v) is 6.17. The van der Waals surface area contributed by atoms with Crippen LogP contribution in [-0.4, -0.2) is 43.3 Å². The SMILES string of the molecule is CCNC(c1ccccc1Cl)C(C)(C)N1CCOCC1. The highest BCUT2D eigenvalue weighted by molar-refractivity contribution is 6.31. The van der Waals surface area contributed by atoms with Crippen LogP contribution in [0.15, 0.2) is 24.3 Å². The third-order valence-corrected chi connectivity index (χ3v) is 4.50. The highest BCUT2D eigenvalue weighted by Crippen LogP contribution is 2.35. The van der Waals surface area contributed by atoms with Gasteiger partial charge in [-0.25, -0.2) is 0 Å². The molecule has 0 bridgehead atoms. The van der Waals surface area contributed by atoms with Crippen molar-refractivity contribution >= 4 is 11.6 Å². The Morgan fingerprint density at radius 1 is 1.30 bits per heavy atom. The summed E-state index contributed by atoms with van der Waals surface area (Å²) in [4.78, 5) is 2.49. The van der Waals surface area contributed by atoms with Gasteiger partial charge in [-0.2, -0.15) is 0 Å². The Morgan fingerprint density at radius 3 is 2.55 bits per heavy atom. The minimum Gasteiger partial charge on any atom is -0.379 e. The molecule has 1 heterocycles. The minimum absolute atomic E-state index is 0.00914. The fraction of sp³-hybridized carbons (Fsp3) is 0.625. The zero-order chi connectivity index (χ0) is 14.6. The Balaban J connectivity index is 2.29. The number of benzene rings is 1. The van der Waals surface area contributed by atoms with E-state index in [4.69, 9.17) is 16.3 Å². The van der Waals surface area contributed by atoms with Gasteiger partial charge in [-0.3, -0.25) is 4.90 Å². The molecule has 0 saturated carbocycles. The van der Waals surface area contributed by atoms with E-state index in [0.29, 0.717) is 0 Å². The lowest BCUT2D eigenvalue weighted by molar-refractivity contribution is -0.0236. The maximum Gasteiger partial charge on any atom is 0.0594 e. The summed E-state index contributed by atoms with van der Waals surface area (Å²) in [5.41, 5.74) is 1.16. The first-order chi connectivity index (χ1) is 9.57. The van der Waals surface area contributed by atoms with Crippen molar-refractivity contribution < 1.29 is 4.74 Å². The summed E-state index contributed by atoms with van der Waals surface area (Å²) >= 11 is 6.42. The van der Waals surface area contributed by atoms with E-state index in [0.717, 1.165) is 37.9 Å². The average molecular weight is 297 g/mol. The second-order valence-electron chi connectivity index (χ2n) is 5.77. The summed E-state index contributed by atoms with van der Waals surface area (Å²) < 4.78 is 5.48. The zero-order valence-electron chi connectivity index (χ0n) is 12.7. The van der Waals surface area contributed by atoms with Gasteiger partial charge in [0.05, 0.1) is 19.3 Å². The van der Waals surface area contributed by atoms with E-state index < -0.39 is 0 Å². The molecular formula is C16H25ClN2O. The number of rotatable bonds is 5. The Morgan fingerprint density at radius 2 is 1.95 bits per heavy atom. The highest BCUT2D eigenvalue weighted by Gasteiger charge is 2.37. The van der Waals surface area contributed by atoms with Crippen LogP contribution >= 0.6 is 11.6 Å². The smallest absolute Gasteiger partial charge is 0.0594 e. The molecule has 4 heteroatoms. The van der Waals surface area contributed by atoms with Crippen LogP contribution in [0.25, 0.3) is 0 Å². The summed E-state index contributed by atoms with van der Waals surface area (Å²) in [7, 11) is 0. The van der Waals surface area contributed by atoms with Gasteiger partial charge < -0.3 is 10.1 Å². The molecule has 20 heavy (non-hydrogen) atoms.